The Morgan fingerprint density at radius 1 is 1.03 bits per heavy atom. The van der Waals surface area contributed by atoms with Crippen LogP contribution in [0.4, 0.5) is 11.8 Å². The van der Waals surface area contributed by atoms with E-state index in [9.17, 15) is 4.79 Å². The number of aromatic nitrogens is 4. The fraction of sp³-hybridized carbons (Fsp3) is 0.217. The number of nitrogens with one attached hydrogen (secondary N) is 1. The van der Waals surface area contributed by atoms with Crippen molar-refractivity contribution in [2.75, 3.05) is 11.1 Å². The first-order valence-corrected chi connectivity index (χ1v) is 10.6. The molecule has 1 atom stereocenters. The molecule has 0 fully saturated rings. The lowest BCUT2D eigenvalue weighted by Gasteiger charge is -2.20. The molecule has 1 unspecified atom stereocenters. The summed E-state index contributed by atoms with van der Waals surface area (Å²) in [5.41, 5.74) is 6.81. The van der Waals surface area contributed by atoms with Crippen LogP contribution in [0.25, 0.3) is 16.6 Å². The first kappa shape index (κ1) is 21.6. The number of fused-ring (bicyclic) bond motifs is 1. The Labute approximate surface area is 190 Å². The van der Waals surface area contributed by atoms with E-state index in [0.29, 0.717) is 39.1 Å². The maximum atomic E-state index is 13.5. The van der Waals surface area contributed by atoms with Gasteiger partial charge in [-0.3, -0.25) is 9.36 Å². The predicted octanol–water partition coefficient (Wildman–Crippen LogP) is 4.37. The summed E-state index contributed by atoms with van der Waals surface area (Å²) in [6, 6.07) is 15.8. The highest BCUT2D eigenvalue weighted by molar-refractivity contribution is 6.35. The summed E-state index contributed by atoms with van der Waals surface area (Å²) in [6.45, 7) is 5.69. The zero-order valence-corrected chi connectivity index (χ0v) is 18.7. The number of ether oxygens (including phenoxy) is 1. The quantitative estimate of drug-likeness (QED) is 0.449. The molecule has 8 nitrogen and oxygen atoms in total. The third kappa shape index (κ3) is 4.36. The number of benzene rings is 2. The molecule has 0 spiro atoms. The van der Waals surface area contributed by atoms with E-state index in [1.54, 1.807) is 28.8 Å². The number of anilines is 2. The van der Waals surface area contributed by atoms with Crippen LogP contribution >= 0.6 is 11.6 Å². The number of halogens is 1. The van der Waals surface area contributed by atoms with Crippen LogP contribution in [0.1, 0.15) is 32.6 Å². The SMILES string of the molecule is CC(C)Oc1cc(NC(C)c2nc3cccc(Cl)c3c(=O)n2-c2ccccc2)nc(N)n1. The molecule has 2 heterocycles. The van der Waals surface area contributed by atoms with Crippen LogP contribution in [0.3, 0.4) is 0 Å². The number of rotatable bonds is 6. The minimum atomic E-state index is -0.410. The highest BCUT2D eigenvalue weighted by atomic mass is 35.5. The second kappa shape index (κ2) is 8.84. The number of hydrogen-bond acceptors (Lipinski definition) is 7. The van der Waals surface area contributed by atoms with Crippen LogP contribution in [-0.2, 0) is 0 Å². The fourth-order valence-electron chi connectivity index (χ4n) is 3.43. The molecule has 0 radical (unpaired) electrons. The molecule has 32 heavy (non-hydrogen) atoms. The largest absolute Gasteiger partial charge is 0.475 e. The molecule has 2 aromatic heterocycles. The van der Waals surface area contributed by atoms with Crippen LogP contribution in [0, 0.1) is 0 Å². The Bertz CT molecular complexity index is 1320. The van der Waals surface area contributed by atoms with E-state index in [1.807, 2.05) is 51.1 Å². The van der Waals surface area contributed by atoms with E-state index < -0.39 is 6.04 Å². The molecule has 0 aliphatic rings. The Hall–Kier alpha value is -3.65. The number of nitrogens with two attached hydrogens (primary N) is 1. The summed E-state index contributed by atoms with van der Waals surface area (Å²) in [7, 11) is 0. The molecule has 0 amide bonds. The Morgan fingerprint density at radius 3 is 2.50 bits per heavy atom. The van der Waals surface area contributed by atoms with Crippen molar-refractivity contribution in [3.05, 3.63) is 75.8 Å². The third-order valence-corrected chi connectivity index (χ3v) is 5.03. The van der Waals surface area contributed by atoms with Gasteiger partial charge in [-0.2, -0.15) is 9.97 Å². The molecule has 0 aliphatic carbocycles. The predicted molar refractivity (Wildman–Crippen MR) is 127 cm³/mol. The average molecular weight is 451 g/mol. The summed E-state index contributed by atoms with van der Waals surface area (Å²) >= 11 is 6.35. The molecule has 2 aromatic carbocycles. The van der Waals surface area contributed by atoms with Gasteiger partial charge in [-0.05, 0) is 45.0 Å². The van der Waals surface area contributed by atoms with Crippen molar-refractivity contribution in [1.29, 1.82) is 0 Å². The van der Waals surface area contributed by atoms with Gasteiger partial charge in [0, 0.05) is 6.07 Å². The van der Waals surface area contributed by atoms with E-state index in [2.05, 4.69) is 15.3 Å². The molecule has 4 aromatic rings. The monoisotopic (exact) mass is 450 g/mol. The molecule has 4 rings (SSSR count). The summed E-state index contributed by atoms with van der Waals surface area (Å²) in [5, 5.41) is 3.99. The van der Waals surface area contributed by atoms with E-state index in [0.717, 1.165) is 0 Å². The van der Waals surface area contributed by atoms with Crippen LogP contribution < -0.4 is 21.3 Å². The van der Waals surface area contributed by atoms with E-state index in [4.69, 9.17) is 27.1 Å². The van der Waals surface area contributed by atoms with Crippen LogP contribution in [-0.4, -0.2) is 25.6 Å². The summed E-state index contributed by atoms with van der Waals surface area (Å²) in [5.74, 6) is 1.40. The van der Waals surface area contributed by atoms with Crippen molar-refractivity contribution in [1.82, 2.24) is 19.5 Å². The number of nitrogen functional groups attached to an aromatic ring is 1. The zero-order valence-electron chi connectivity index (χ0n) is 17.9. The molecule has 0 bridgehead atoms. The lowest BCUT2D eigenvalue weighted by atomic mass is 10.2. The van der Waals surface area contributed by atoms with Crippen molar-refractivity contribution >= 4 is 34.3 Å². The Balaban J connectivity index is 1.83. The van der Waals surface area contributed by atoms with Crippen molar-refractivity contribution in [3.63, 3.8) is 0 Å². The Kier molecular flexibility index (Phi) is 5.96. The summed E-state index contributed by atoms with van der Waals surface area (Å²) < 4.78 is 7.21. The molecular formula is C23H23ClN6O2. The van der Waals surface area contributed by atoms with Gasteiger partial charge in [0.05, 0.1) is 33.8 Å². The number of hydrogen-bond donors (Lipinski definition) is 2. The van der Waals surface area contributed by atoms with Crippen molar-refractivity contribution in [3.8, 4) is 11.6 Å². The smallest absolute Gasteiger partial charge is 0.267 e. The molecule has 0 saturated heterocycles. The minimum absolute atomic E-state index is 0.0651. The van der Waals surface area contributed by atoms with Crippen molar-refractivity contribution in [2.45, 2.75) is 32.9 Å². The minimum Gasteiger partial charge on any atom is -0.475 e. The Morgan fingerprint density at radius 2 is 1.78 bits per heavy atom. The maximum Gasteiger partial charge on any atom is 0.267 e. The summed E-state index contributed by atoms with van der Waals surface area (Å²) in [4.78, 5) is 26.6. The van der Waals surface area contributed by atoms with Crippen LogP contribution in [0.5, 0.6) is 5.88 Å². The van der Waals surface area contributed by atoms with Gasteiger partial charge in [0.25, 0.3) is 5.56 Å². The normalized spacial score (nSPS) is 12.2. The topological polar surface area (TPSA) is 108 Å². The number of para-hydroxylation sites is 1. The molecule has 3 N–H and O–H groups in total. The van der Waals surface area contributed by atoms with Crippen LogP contribution in [0.15, 0.2) is 59.4 Å². The first-order valence-electron chi connectivity index (χ1n) is 10.2. The van der Waals surface area contributed by atoms with Crippen molar-refractivity contribution in [2.24, 2.45) is 0 Å². The third-order valence-electron chi connectivity index (χ3n) is 4.72. The van der Waals surface area contributed by atoms with Gasteiger partial charge < -0.3 is 15.8 Å². The van der Waals surface area contributed by atoms with E-state index >= 15 is 0 Å². The highest BCUT2D eigenvalue weighted by Gasteiger charge is 2.20. The lowest BCUT2D eigenvalue weighted by molar-refractivity contribution is 0.233. The van der Waals surface area contributed by atoms with E-state index in [-0.39, 0.29) is 17.6 Å². The van der Waals surface area contributed by atoms with Gasteiger partial charge in [-0.1, -0.05) is 35.9 Å². The van der Waals surface area contributed by atoms with Crippen molar-refractivity contribution < 1.29 is 4.74 Å². The maximum absolute atomic E-state index is 13.5. The van der Waals surface area contributed by atoms with Crippen LogP contribution in [0.2, 0.25) is 5.02 Å². The first-order chi connectivity index (χ1) is 15.3. The molecule has 0 aliphatic heterocycles. The van der Waals surface area contributed by atoms with Gasteiger partial charge in [-0.15, -0.1) is 0 Å². The lowest BCUT2D eigenvalue weighted by Crippen LogP contribution is -2.27. The zero-order chi connectivity index (χ0) is 22.8. The second-order valence-electron chi connectivity index (χ2n) is 7.56. The fourth-order valence-corrected chi connectivity index (χ4v) is 3.68. The molecule has 9 heteroatoms. The highest BCUT2D eigenvalue weighted by Crippen LogP contribution is 2.25. The standard InChI is InChI=1S/C23H23ClN6O2/c1-13(2)32-19-12-18(28-23(25)29-19)26-14(3)21-27-17-11-7-10-16(24)20(17)22(31)30(21)15-8-5-4-6-9-15/h4-14H,1-3H3,(H3,25,26,28,29). The molecule has 0 saturated carbocycles. The van der Waals surface area contributed by atoms with E-state index in [1.165, 1.54) is 0 Å². The summed E-state index contributed by atoms with van der Waals surface area (Å²) in [6.07, 6.45) is -0.0651. The average Bonchev–Trinajstić information content (AvgIpc) is 2.73. The molecule has 164 valence electrons. The molecular weight excluding hydrogens is 428 g/mol. The van der Waals surface area contributed by atoms with Gasteiger partial charge >= 0.3 is 0 Å². The number of nitrogens with zero attached hydrogens (tertiary/aromatic N) is 4. The second-order valence-corrected chi connectivity index (χ2v) is 7.97. The van der Waals surface area contributed by atoms with Gasteiger partial charge in [0.2, 0.25) is 11.8 Å². The van der Waals surface area contributed by atoms with Gasteiger partial charge in [0.1, 0.15) is 11.6 Å². The van der Waals surface area contributed by atoms with Gasteiger partial charge in [-0.25, -0.2) is 4.98 Å². The van der Waals surface area contributed by atoms with Gasteiger partial charge in [0.15, 0.2) is 0 Å².